The van der Waals surface area contributed by atoms with Gasteiger partial charge in [-0.25, -0.2) is 0 Å². The van der Waals surface area contributed by atoms with Gasteiger partial charge in [-0.1, -0.05) is 24.3 Å². The Morgan fingerprint density at radius 3 is 2.71 bits per heavy atom. The van der Waals surface area contributed by atoms with Crippen molar-refractivity contribution in [2.45, 2.75) is 38.7 Å². The van der Waals surface area contributed by atoms with Crippen molar-refractivity contribution in [1.82, 2.24) is 4.90 Å². The summed E-state index contributed by atoms with van der Waals surface area (Å²) in [6.07, 6.45) is 1.64. The fraction of sp³-hybridized carbons (Fsp3) is 0.435. The first-order chi connectivity index (χ1) is 13.4. The highest BCUT2D eigenvalue weighted by atomic mass is 16.5. The summed E-state index contributed by atoms with van der Waals surface area (Å²) in [5, 5.41) is 11.0. The SMILES string of the molecule is COc1ccccc1CC(=O)N1CCCC(O)(COc2ccc(C)c(C)c2)C1. The number of hydrogen-bond acceptors (Lipinski definition) is 4. The number of β-amino-alcohol motifs (C(OH)–C–C–N with tert-alkyl or cyclic N) is 1. The van der Waals surface area contributed by atoms with Crippen molar-refractivity contribution in [3.05, 3.63) is 59.2 Å². The smallest absolute Gasteiger partial charge is 0.227 e. The molecule has 0 aliphatic carbocycles. The van der Waals surface area contributed by atoms with Crippen molar-refractivity contribution in [3.8, 4) is 11.5 Å². The number of amides is 1. The van der Waals surface area contributed by atoms with Crippen molar-refractivity contribution in [3.63, 3.8) is 0 Å². The van der Waals surface area contributed by atoms with Crippen LogP contribution < -0.4 is 9.47 Å². The van der Waals surface area contributed by atoms with Crippen LogP contribution in [0.25, 0.3) is 0 Å². The number of hydrogen-bond donors (Lipinski definition) is 1. The first-order valence-electron chi connectivity index (χ1n) is 9.72. The van der Waals surface area contributed by atoms with Crippen molar-refractivity contribution >= 4 is 5.91 Å². The highest BCUT2D eigenvalue weighted by molar-refractivity contribution is 5.79. The van der Waals surface area contributed by atoms with E-state index in [1.165, 1.54) is 5.56 Å². The van der Waals surface area contributed by atoms with Gasteiger partial charge in [0.2, 0.25) is 5.91 Å². The molecule has 0 spiro atoms. The zero-order valence-corrected chi connectivity index (χ0v) is 16.9. The van der Waals surface area contributed by atoms with Crippen LogP contribution in [0.4, 0.5) is 0 Å². The zero-order valence-electron chi connectivity index (χ0n) is 16.9. The third kappa shape index (κ3) is 4.84. The van der Waals surface area contributed by atoms with E-state index in [0.717, 1.165) is 23.3 Å². The number of methoxy groups -OCH3 is 1. The molecule has 2 aromatic rings. The minimum absolute atomic E-state index is 0.00574. The Morgan fingerprint density at radius 1 is 1.18 bits per heavy atom. The van der Waals surface area contributed by atoms with E-state index in [2.05, 4.69) is 6.92 Å². The maximum atomic E-state index is 12.8. The summed E-state index contributed by atoms with van der Waals surface area (Å²) in [6, 6.07) is 13.4. The molecule has 0 bridgehead atoms. The molecule has 2 aromatic carbocycles. The van der Waals surface area contributed by atoms with Gasteiger partial charge in [-0.05, 0) is 56.0 Å². The molecule has 0 aromatic heterocycles. The predicted octanol–water partition coefficient (Wildman–Crippen LogP) is 3.29. The van der Waals surface area contributed by atoms with Gasteiger partial charge in [-0.2, -0.15) is 0 Å². The van der Waals surface area contributed by atoms with Crippen molar-refractivity contribution in [2.24, 2.45) is 0 Å². The molecular weight excluding hydrogens is 354 g/mol. The van der Waals surface area contributed by atoms with Gasteiger partial charge in [0, 0.05) is 12.1 Å². The maximum Gasteiger partial charge on any atom is 0.227 e. The monoisotopic (exact) mass is 383 g/mol. The van der Waals surface area contributed by atoms with Crippen LogP contribution in [0.3, 0.4) is 0 Å². The van der Waals surface area contributed by atoms with E-state index in [9.17, 15) is 9.90 Å². The van der Waals surface area contributed by atoms with Gasteiger partial charge in [0.1, 0.15) is 23.7 Å². The van der Waals surface area contributed by atoms with Crippen molar-refractivity contribution in [1.29, 1.82) is 0 Å². The molecule has 1 aliphatic rings. The third-order valence-corrected chi connectivity index (χ3v) is 5.43. The molecule has 1 atom stereocenters. The average Bonchev–Trinajstić information content (AvgIpc) is 2.69. The second-order valence-corrected chi connectivity index (χ2v) is 7.67. The molecule has 5 heteroatoms. The van der Waals surface area contributed by atoms with Crippen LogP contribution in [-0.2, 0) is 11.2 Å². The largest absolute Gasteiger partial charge is 0.496 e. The number of carbonyl (C=O) groups excluding carboxylic acids is 1. The summed E-state index contributed by atoms with van der Waals surface area (Å²) in [7, 11) is 1.60. The lowest BCUT2D eigenvalue weighted by molar-refractivity contribution is -0.139. The number of piperidine rings is 1. The third-order valence-electron chi connectivity index (χ3n) is 5.43. The quantitative estimate of drug-likeness (QED) is 0.832. The fourth-order valence-electron chi connectivity index (χ4n) is 3.59. The van der Waals surface area contributed by atoms with E-state index in [-0.39, 0.29) is 25.5 Å². The number of rotatable bonds is 6. The van der Waals surface area contributed by atoms with Gasteiger partial charge in [-0.15, -0.1) is 0 Å². The number of ether oxygens (including phenoxy) is 2. The Morgan fingerprint density at radius 2 is 1.96 bits per heavy atom. The van der Waals surface area contributed by atoms with Crippen molar-refractivity contribution < 1.29 is 19.4 Å². The molecule has 150 valence electrons. The lowest BCUT2D eigenvalue weighted by atomic mass is 9.93. The molecular formula is C23H29NO4. The predicted molar refractivity (Wildman–Crippen MR) is 109 cm³/mol. The number of benzene rings is 2. The van der Waals surface area contributed by atoms with Gasteiger partial charge < -0.3 is 19.5 Å². The first kappa shape index (κ1) is 20.2. The Balaban J connectivity index is 1.61. The molecule has 0 radical (unpaired) electrons. The minimum atomic E-state index is -1.03. The maximum absolute atomic E-state index is 12.8. The molecule has 5 nitrogen and oxygen atoms in total. The topological polar surface area (TPSA) is 59.0 Å². The zero-order chi connectivity index (χ0) is 20.1. The fourth-order valence-corrected chi connectivity index (χ4v) is 3.59. The number of aliphatic hydroxyl groups is 1. The van der Waals surface area contributed by atoms with E-state index in [0.29, 0.717) is 18.7 Å². The summed E-state index contributed by atoms with van der Waals surface area (Å²) in [5.41, 5.74) is 2.18. The van der Waals surface area contributed by atoms with Crippen molar-refractivity contribution in [2.75, 3.05) is 26.8 Å². The Hall–Kier alpha value is -2.53. The molecule has 1 amide bonds. The summed E-state index contributed by atoms with van der Waals surface area (Å²) in [5.74, 6) is 1.45. The standard InChI is InChI=1S/C23H29NO4/c1-17-9-10-20(13-18(17)2)28-16-23(26)11-6-12-24(15-23)22(25)14-19-7-4-5-8-21(19)27-3/h4-5,7-10,13,26H,6,11-12,14-16H2,1-3H3. The molecule has 0 saturated carbocycles. The second-order valence-electron chi connectivity index (χ2n) is 7.67. The van der Waals surface area contributed by atoms with Gasteiger partial charge in [0.25, 0.3) is 0 Å². The van der Waals surface area contributed by atoms with Gasteiger partial charge >= 0.3 is 0 Å². The van der Waals surface area contributed by atoms with Crippen LogP contribution in [0.5, 0.6) is 11.5 Å². The van der Waals surface area contributed by atoms with E-state index < -0.39 is 5.60 Å². The van der Waals surface area contributed by atoms with Crippen LogP contribution in [0.15, 0.2) is 42.5 Å². The molecule has 1 fully saturated rings. The van der Waals surface area contributed by atoms with E-state index in [4.69, 9.17) is 9.47 Å². The van der Waals surface area contributed by atoms with E-state index in [1.54, 1.807) is 12.0 Å². The average molecular weight is 383 g/mol. The molecule has 1 heterocycles. The second kappa shape index (κ2) is 8.65. The lowest BCUT2D eigenvalue weighted by Crippen LogP contribution is -2.53. The number of aryl methyl sites for hydroxylation is 2. The molecule has 28 heavy (non-hydrogen) atoms. The van der Waals surface area contributed by atoms with E-state index in [1.807, 2.05) is 49.4 Å². The molecule has 1 saturated heterocycles. The summed E-state index contributed by atoms with van der Waals surface area (Å²) in [6.45, 7) is 5.20. The highest BCUT2D eigenvalue weighted by Crippen LogP contribution is 2.25. The number of likely N-dealkylation sites (tertiary alicyclic amines) is 1. The van der Waals surface area contributed by atoms with Crippen LogP contribution in [-0.4, -0.2) is 48.3 Å². The number of para-hydroxylation sites is 1. The van der Waals surface area contributed by atoms with Crippen LogP contribution in [0.2, 0.25) is 0 Å². The van der Waals surface area contributed by atoms with Gasteiger partial charge in [-0.3, -0.25) is 4.79 Å². The molecule has 1 unspecified atom stereocenters. The Kier molecular flexibility index (Phi) is 6.25. The van der Waals surface area contributed by atoms with Crippen LogP contribution >= 0.6 is 0 Å². The van der Waals surface area contributed by atoms with E-state index >= 15 is 0 Å². The Labute approximate surface area is 166 Å². The number of carbonyl (C=O) groups is 1. The molecule has 1 N–H and O–H groups in total. The Bertz CT molecular complexity index is 835. The first-order valence-corrected chi connectivity index (χ1v) is 9.72. The van der Waals surface area contributed by atoms with Gasteiger partial charge in [0.15, 0.2) is 0 Å². The minimum Gasteiger partial charge on any atom is -0.496 e. The normalized spacial score (nSPS) is 19.4. The van der Waals surface area contributed by atoms with Gasteiger partial charge in [0.05, 0.1) is 20.1 Å². The molecule has 3 rings (SSSR count). The number of nitrogens with zero attached hydrogens (tertiary/aromatic N) is 1. The van der Waals surface area contributed by atoms with Crippen LogP contribution in [0.1, 0.15) is 29.5 Å². The summed E-state index contributed by atoms with van der Waals surface area (Å²) < 4.78 is 11.2. The van der Waals surface area contributed by atoms with Crippen LogP contribution in [0, 0.1) is 13.8 Å². The summed E-state index contributed by atoms with van der Waals surface area (Å²) in [4.78, 5) is 14.5. The molecule has 1 aliphatic heterocycles. The summed E-state index contributed by atoms with van der Waals surface area (Å²) >= 11 is 0. The highest BCUT2D eigenvalue weighted by Gasteiger charge is 2.36. The lowest BCUT2D eigenvalue weighted by Gasteiger charge is -2.39.